The summed E-state index contributed by atoms with van der Waals surface area (Å²) in [4.78, 5) is 17.0. The Bertz CT molecular complexity index is 550. The maximum Gasteiger partial charge on any atom is 0.407 e. The number of halogens is 1. The molecule has 0 heterocycles. The van der Waals surface area contributed by atoms with E-state index in [1.807, 2.05) is 50.7 Å². The van der Waals surface area contributed by atoms with E-state index in [9.17, 15) is 4.79 Å². The Morgan fingerprint density at radius 1 is 1.15 bits per heavy atom. The monoisotopic (exact) mass is 494 g/mol. The summed E-state index contributed by atoms with van der Waals surface area (Å²) < 4.78 is 5.18. The van der Waals surface area contributed by atoms with Crippen molar-refractivity contribution in [3.05, 3.63) is 30.3 Å². The summed E-state index contributed by atoms with van der Waals surface area (Å²) in [7, 11) is 1.73. The molecule has 1 unspecified atom stereocenters. The number of hydrogen-bond acceptors (Lipinski definition) is 4. The van der Waals surface area contributed by atoms with Gasteiger partial charge in [0.05, 0.1) is 0 Å². The van der Waals surface area contributed by atoms with Gasteiger partial charge in [-0.05, 0) is 32.9 Å². The fourth-order valence-corrected chi connectivity index (χ4v) is 2.84. The molecule has 0 bridgehead atoms. The van der Waals surface area contributed by atoms with Crippen molar-refractivity contribution >= 4 is 47.8 Å². The van der Waals surface area contributed by atoms with Gasteiger partial charge in [-0.25, -0.2) is 4.79 Å². The number of amides is 1. The van der Waals surface area contributed by atoms with Gasteiger partial charge in [0, 0.05) is 36.8 Å². The number of alkyl carbamates (subject to hydrolysis) is 1. The standard InChI is InChI=1S/C18H30N4O2S.HI/c1-14(25-15-9-7-6-8-10-15)13-22-16(19-5)20-11-12-21-17(23)24-18(2,3)4;/h6-10,14H,11-13H2,1-5H3,(H,21,23)(H2,19,20,22);1H. The highest BCUT2D eigenvalue weighted by Crippen LogP contribution is 2.21. The third-order valence-corrected chi connectivity index (χ3v) is 4.06. The zero-order valence-corrected chi connectivity index (χ0v) is 19.3. The number of thioether (sulfide) groups is 1. The maximum atomic E-state index is 11.6. The molecule has 26 heavy (non-hydrogen) atoms. The van der Waals surface area contributed by atoms with Crippen LogP contribution in [0.4, 0.5) is 4.79 Å². The highest BCUT2D eigenvalue weighted by molar-refractivity contribution is 14.0. The van der Waals surface area contributed by atoms with Crippen molar-refractivity contribution in [3.63, 3.8) is 0 Å². The summed E-state index contributed by atoms with van der Waals surface area (Å²) in [6.07, 6.45) is -0.412. The number of carbonyl (C=O) groups is 1. The largest absolute Gasteiger partial charge is 0.444 e. The molecule has 148 valence electrons. The predicted molar refractivity (Wildman–Crippen MR) is 121 cm³/mol. The van der Waals surface area contributed by atoms with Crippen LogP contribution in [0, 0.1) is 0 Å². The van der Waals surface area contributed by atoms with Crippen molar-refractivity contribution in [2.24, 2.45) is 4.99 Å². The lowest BCUT2D eigenvalue weighted by molar-refractivity contribution is 0.0529. The van der Waals surface area contributed by atoms with Crippen molar-refractivity contribution in [1.82, 2.24) is 16.0 Å². The molecule has 0 aromatic heterocycles. The van der Waals surface area contributed by atoms with Gasteiger partial charge in [-0.1, -0.05) is 25.1 Å². The molecular formula is C18H31IN4O2S. The minimum atomic E-state index is -0.484. The van der Waals surface area contributed by atoms with E-state index in [0.717, 1.165) is 6.54 Å². The fraction of sp³-hybridized carbons (Fsp3) is 0.556. The molecule has 0 spiro atoms. The molecule has 1 aromatic rings. The number of nitrogens with zero attached hydrogens (tertiary/aromatic N) is 1. The molecule has 0 aliphatic heterocycles. The summed E-state index contributed by atoms with van der Waals surface area (Å²) in [6.45, 7) is 9.51. The first kappa shape index (κ1) is 24.8. The second kappa shape index (κ2) is 13.1. The van der Waals surface area contributed by atoms with Crippen LogP contribution in [0.25, 0.3) is 0 Å². The van der Waals surface area contributed by atoms with Crippen LogP contribution in [-0.4, -0.2) is 49.6 Å². The smallest absolute Gasteiger partial charge is 0.407 e. The fourth-order valence-electron chi connectivity index (χ4n) is 1.89. The van der Waals surface area contributed by atoms with Crippen LogP contribution >= 0.6 is 35.7 Å². The normalized spacial score (nSPS) is 12.6. The zero-order chi connectivity index (χ0) is 18.7. The minimum absolute atomic E-state index is 0. The van der Waals surface area contributed by atoms with E-state index in [-0.39, 0.29) is 24.0 Å². The van der Waals surface area contributed by atoms with Crippen molar-refractivity contribution in [2.75, 3.05) is 26.7 Å². The molecular weight excluding hydrogens is 463 g/mol. The molecule has 3 N–H and O–H groups in total. The van der Waals surface area contributed by atoms with Gasteiger partial charge in [0.15, 0.2) is 5.96 Å². The maximum absolute atomic E-state index is 11.6. The molecule has 1 aromatic carbocycles. The Kier molecular flexibility index (Phi) is 12.5. The molecule has 1 amide bonds. The Morgan fingerprint density at radius 2 is 1.77 bits per heavy atom. The van der Waals surface area contributed by atoms with Crippen molar-refractivity contribution < 1.29 is 9.53 Å². The van der Waals surface area contributed by atoms with Gasteiger partial charge in [0.2, 0.25) is 0 Å². The van der Waals surface area contributed by atoms with Crippen LogP contribution in [0.1, 0.15) is 27.7 Å². The summed E-state index contributed by atoms with van der Waals surface area (Å²) in [5.74, 6) is 0.714. The van der Waals surface area contributed by atoms with Crippen molar-refractivity contribution in [1.29, 1.82) is 0 Å². The number of nitrogens with one attached hydrogen (secondary N) is 3. The van der Waals surface area contributed by atoms with E-state index in [2.05, 4.69) is 40.0 Å². The number of ether oxygens (including phenoxy) is 1. The van der Waals surface area contributed by atoms with E-state index < -0.39 is 11.7 Å². The Balaban J connectivity index is 0.00000625. The Hall–Kier alpha value is -1.16. The first-order chi connectivity index (χ1) is 11.8. The highest BCUT2D eigenvalue weighted by atomic mass is 127. The molecule has 1 atom stereocenters. The molecule has 8 heteroatoms. The first-order valence-electron chi connectivity index (χ1n) is 8.43. The third kappa shape index (κ3) is 12.2. The third-order valence-electron chi connectivity index (χ3n) is 2.95. The lowest BCUT2D eigenvalue weighted by atomic mass is 10.2. The zero-order valence-electron chi connectivity index (χ0n) is 16.2. The summed E-state index contributed by atoms with van der Waals surface area (Å²) >= 11 is 1.81. The molecule has 1 rings (SSSR count). The second-order valence-electron chi connectivity index (χ2n) is 6.55. The van der Waals surface area contributed by atoms with Gasteiger partial charge in [0.25, 0.3) is 0 Å². The molecule has 0 fully saturated rings. The lowest BCUT2D eigenvalue weighted by Gasteiger charge is -2.20. The SMILES string of the molecule is CN=C(NCCNC(=O)OC(C)(C)C)NCC(C)Sc1ccccc1.I. The predicted octanol–water partition coefficient (Wildman–Crippen LogP) is 3.47. The number of rotatable bonds is 7. The molecule has 0 saturated heterocycles. The molecule has 0 aliphatic rings. The Labute approximate surface area is 178 Å². The number of aliphatic imine (C=N–C) groups is 1. The summed E-state index contributed by atoms with van der Waals surface area (Å²) in [5.41, 5.74) is -0.484. The van der Waals surface area contributed by atoms with Gasteiger partial charge in [-0.3, -0.25) is 4.99 Å². The summed E-state index contributed by atoms with van der Waals surface area (Å²) in [5, 5.41) is 9.57. The van der Waals surface area contributed by atoms with Gasteiger partial charge >= 0.3 is 6.09 Å². The molecule has 0 radical (unpaired) electrons. The van der Waals surface area contributed by atoms with Gasteiger partial charge in [-0.2, -0.15) is 0 Å². The quantitative estimate of drug-likeness (QED) is 0.178. The van der Waals surface area contributed by atoms with Crippen LogP contribution in [0.5, 0.6) is 0 Å². The van der Waals surface area contributed by atoms with Crippen molar-refractivity contribution in [3.8, 4) is 0 Å². The molecule has 6 nitrogen and oxygen atoms in total. The van der Waals surface area contributed by atoms with Crippen LogP contribution in [0.15, 0.2) is 40.2 Å². The summed E-state index contributed by atoms with van der Waals surface area (Å²) in [6, 6.07) is 10.3. The minimum Gasteiger partial charge on any atom is -0.444 e. The van der Waals surface area contributed by atoms with E-state index in [1.165, 1.54) is 4.90 Å². The van der Waals surface area contributed by atoms with Crippen LogP contribution in [-0.2, 0) is 4.74 Å². The molecule has 0 saturated carbocycles. The number of hydrogen-bond donors (Lipinski definition) is 3. The average molecular weight is 494 g/mol. The van der Waals surface area contributed by atoms with E-state index in [0.29, 0.717) is 24.3 Å². The number of benzene rings is 1. The lowest BCUT2D eigenvalue weighted by Crippen LogP contribution is -2.43. The van der Waals surface area contributed by atoms with E-state index in [1.54, 1.807) is 7.05 Å². The first-order valence-corrected chi connectivity index (χ1v) is 9.31. The van der Waals surface area contributed by atoms with E-state index >= 15 is 0 Å². The number of carbonyl (C=O) groups excluding carboxylic acids is 1. The molecule has 0 aliphatic carbocycles. The van der Waals surface area contributed by atoms with Crippen LogP contribution in [0.3, 0.4) is 0 Å². The van der Waals surface area contributed by atoms with Crippen LogP contribution in [0.2, 0.25) is 0 Å². The van der Waals surface area contributed by atoms with Gasteiger partial charge in [-0.15, -0.1) is 35.7 Å². The van der Waals surface area contributed by atoms with Gasteiger partial charge < -0.3 is 20.7 Å². The van der Waals surface area contributed by atoms with Crippen molar-refractivity contribution in [2.45, 2.75) is 43.4 Å². The average Bonchev–Trinajstić information content (AvgIpc) is 2.53. The van der Waals surface area contributed by atoms with Gasteiger partial charge in [0.1, 0.15) is 5.60 Å². The number of guanidine groups is 1. The van der Waals surface area contributed by atoms with Crippen LogP contribution < -0.4 is 16.0 Å². The second-order valence-corrected chi connectivity index (χ2v) is 8.06. The highest BCUT2D eigenvalue weighted by Gasteiger charge is 2.15. The Morgan fingerprint density at radius 3 is 2.35 bits per heavy atom. The topological polar surface area (TPSA) is 74.8 Å². The van der Waals surface area contributed by atoms with E-state index in [4.69, 9.17) is 4.74 Å².